The van der Waals surface area contributed by atoms with Gasteiger partial charge in [0.1, 0.15) is 10.7 Å². The van der Waals surface area contributed by atoms with Gasteiger partial charge in [-0.05, 0) is 56.7 Å². The van der Waals surface area contributed by atoms with Gasteiger partial charge in [-0.15, -0.1) is 11.3 Å². The number of aryl methyl sites for hydroxylation is 1. The van der Waals surface area contributed by atoms with Gasteiger partial charge >= 0.3 is 17.8 Å². The minimum absolute atomic E-state index is 0.216. The lowest BCUT2D eigenvalue weighted by Gasteiger charge is -2.18. The van der Waals surface area contributed by atoms with Crippen molar-refractivity contribution in [3.8, 4) is 16.9 Å². The van der Waals surface area contributed by atoms with E-state index < -0.39 is 17.8 Å². The average Bonchev–Trinajstić information content (AvgIpc) is 3.55. The molecule has 0 radical (unpaired) electrons. The minimum atomic E-state index is -0.955. The number of nitrogens with zero attached hydrogens (tertiary/aromatic N) is 3. The van der Waals surface area contributed by atoms with Crippen molar-refractivity contribution in [1.82, 2.24) is 15.2 Å². The molecular formula is C31H31N5O4S. The van der Waals surface area contributed by atoms with E-state index in [9.17, 15) is 14.4 Å². The van der Waals surface area contributed by atoms with Crippen molar-refractivity contribution < 1.29 is 19.1 Å². The van der Waals surface area contributed by atoms with Gasteiger partial charge in [-0.25, -0.2) is 14.9 Å². The van der Waals surface area contributed by atoms with Crippen LogP contribution in [-0.4, -0.2) is 40.4 Å². The summed E-state index contributed by atoms with van der Waals surface area (Å²) in [5.74, 6) is -1.89. The van der Waals surface area contributed by atoms with Crippen LogP contribution in [0, 0.1) is 12.8 Å². The zero-order valence-electron chi connectivity index (χ0n) is 23.1. The predicted molar refractivity (Wildman–Crippen MR) is 160 cm³/mol. The van der Waals surface area contributed by atoms with E-state index in [2.05, 4.69) is 22.8 Å². The molecule has 0 saturated carbocycles. The van der Waals surface area contributed by atoms with E-state index >= 15 is 0 Å². The van der Waals surface area contributed by atoms with E-state index in [1.165, 1.54) is 17.6 Å². The third kappa shape index (κ3) is 6.28. The highest BCUT2D eigenvalue weighted by Gasteiger charge is 2.30. The first-order valence-electron chi connectivity index (χ1n) is 13.5. The highest BCUT2D eigenvalue weighted by atomic mass is 32.1. The molecule has 9 nitrogen and oxygen atoms in total. The fourth-order valence-electron chi connectivity index (χ4n) is 4.76. The van der Waals surface area contributed by atoms with Gasteiger partial charge in [0.2, 0.25) is 0 Å². The maximum absolute atomic E-state index is 12.8. The van der Waals surface area contributed by atoms with Crippen LogP contribution >= 0.6 is 11.3 Å². The fourth-order valence-corrected chi connectivity index (χ4v) is 6.15. The van der Waals surface area contributed by atoms with Gasteiger partial charge in [-0.2, -0.15) is 10.2 Å². The third-order valence-corrected chi connectivity index (χ3v) is 8.05. The van der Waals surface area contributed by atoms with Crippen molar-refractivity contribution in [1.29, 1.82) is 0 Å². The lowest BCUT2D eigenvalue weighted by atomic mass is 9.88. The van der Waals surface area contributed by atoms with Crippen LogP contribution < -0.4 is 10.7 Å². The summed E-state index contributed by atoms with van der Waals surface area (Å²) in [5.41, 5.74) is 7.76. The smallest absolute Gasteiger partial charge is 0.341 e. The number of amides is 2. The Balaban J connectivity index is 1.34. The summed E-state index contributed by atoms with van der Waals surface area (Å²) in [6.45, 7) is 6.12. The van der Waals surface area contributed by atoms with E-state index in [1.807, 2.05) is 67.7 Å². The van der Waals surface area contributed by atoms with Crippen LogP contribution in [-0.2, 0) is 27.2 Å². The molecule has 1 atom stereocenters. The lowest BCUT2D eigenvalue weighted by Crippen LogP contribution is -2.32. The Morgan fingerprint density at radius 1 is 1.12 bits per heavy atom. The summed E-state index contributed by atoms with van der Waals surface area (Å²) in [5, 5.41) is 11.7. The number of fused-ring (bicyclic) bond motifs is 1. The Hall–Kier alpha value is -4.57. The first-order valence-corrected chi connectivity index (χ1v) is 14.3. The molecule has 210 valence electrons. The number of hydrogen-bond donors (Lipinski definition) is 2. The highest BCUT2D eigenvalue weighted by molar-refractivity contribution is 7.17. The van der Waals surface area contributed by atoms with Crippen LogP contribution in [0.2, 0.25) is 0 Å². The topological polar surface area (TPSA) is 115 Å². The lowest BCUT2D eigenvalue weighted by molar-refractivity contribution is -0.136. The molecule has 0 aliphatic heterocycles. The molecule has 0 spiro atoms. The number of carbonyl (C=O) groups is 3. The van der Waals surface area contributed by atoms with Crippen molar-refractivity contribution in [2.45, 2.75) is 40.0 Å². The van der Waals surface area contributed by atoms with E-state index in [0.29, 0.717) is 27.7 Å². The molecule has 2 aromatic carbocycles. The zero-order chi connectivity index (χ0) is 28.9. The monoisotopic (exact) mass is 569 g/mol. The number of para-hydroxylation sites is 1. The molecule has 2 aromatic heterocycles. The van der Waals surface area contributed by atoms with Crippen molar-refractivity contribution >= 4 is 40.3 Å². The molecule has 5 rings (SSSR count). The van der Waals surface area contributed by atoms with E-state index in [0.717, 1.165) is 46.5 Å². The first kappa shape index (κ1) is 28.0. The van der Waals surface area contributed by atoms with E-state index in [-0.39, 0.29) is 6.61 Å². The molecule has 1 aliphatic carbocycles. The summed E-state index contributed by atoms with van der Waals surface area (Å²) >= 11 is 1.33. The summed E-state index contributed by atoms with van der Waals surface area (Å²) in [6.07, 6.45) is 5.77. The van der Waals surface area contributed by atoms with Gasteiger partial charge in [0.25, 0.3) is 0 Å². The van der Waals surface area contributed by atoms with Gasteiger partial charge < -0.3 is 10.1 Å². The number of anilines is 1. The number of carbonyl (C=O) groups excluding carboxylic acids is 3. The van der Waals surface area contributed by atoms with Crippen LogP contribution in [0.5, 0.6) is 0 Å². The van der Waals surface area contributed by atoms with Gasteiger partial charge in [-0.3, -0.25) is 9.59 Å². The minimum Gasteiger partial charge on any atom is -0.462 e. The second-order valence-electron chi connectivity index (χ2n) is 10.0. The van der Waals surface area contributed by atoms with E-state index in [1.54, 1.807) is 11.6 Å². The molecule has 0 fully saturated rings. The molecule has 1 unspecified atom stereocenters. The average molecular weight is 570 g/mol. The normalized spacial score (nSPS) is 14.5. The molecule has 10 heteroatoms. The van der Waals surface area contributed by atoms with Crippen molar-refractivity contribution in [2.75, 3.05) is 11.9 Å². The second kappa shape index (κ2) is 12.3. The van der Waals surface area contributed by atoms with Crippen LogP contribution in [0.3, 0.4) is 0 Å². The zero-order valence-corrected chi connectivity index (χ0v) is 24.0. The van der Waals surface area contributed by atoms with Crippen molar-refractivity contribution in [3.05, 3.63) is 87.9 Å². The standard InChI is InChI=1S/C31H31N5O4S/c1-4-40-31(39)26-24-15-12-20(3)16-25(24)41-30(26)33-28(37)29(38)34-32-17-22-18-36(23-8-6-5-7-9-23)35-27(22)21-13-10-19(2)11-14-21/h5-11,13-14,17-18,20H,4,12,15-16H2,1-3H3,(H,33,37)(H,34,38). The number of thiophene rings is 1. The maximum atomic E-state index is 12.8. The van der Waals surface area contributed by atoms with Gasteiger partial charge in [-0.1, -0.05) is 55.0 Å². The molecule has 1 aliphatic rings. The molecule has 2 heterocycles. The van der Waals surface area contributed by atoms with Gasteiger partial charge in [0.05, 0.1) is 24.1 Å². The quantitative estimate of drug-likeness (QED) is 0.136. The molecule has 2 N–H and O–H groups in total. The maximum Gasteiger partial charge on any atom is 0.341 e. The fraction of sp³-hybridized carbons (Fsp3) is 0.258. The molecule has 0 saturated heterocycles. The molecule has 0 bridgehead atoms. The summed E-state index contributed by atoms with van der Waals surface area (Å²) in [6, 6.07) is 17.6. The molecular weight excluding hydrogens is 538 g/mol. The van der Waals surface area contributed by atoms with Gasteiger partial charge in [0.15, 0.2) is 0 Å². The predicted octanol–water partition coefficient (Wildman–Crippen LogP) is 5.30. The Morgan fingerprint density at radius 2 is 1.88 bits per heavy atom. The molecule has 41 heavy (non-hydrogen) atoms. The number of aromatic nitrogens is 2. The van der Waals surface area contributed by atoms with E-state index in [4.69, 9.17) is 9.84 Å². The van der Waals surface area contributed by atoms with Gasteiger partial charge in [0, 0.05) is 22.2 Å². The Kier molecular flexibility index (Phi) is 8.39. The first-order chi connectivity index (χ1) is 19.8. The Morgan fingerprint density at radius 3 is 2.61 bits per heavy atom. The SMILES string of the molecule is CCOC(=O)c1c(NC(=O)C(=O)NN=Cc2cn(-c3ccccc3)nc2-c2ccc(C)cc2)sc2c1CCC(C)C2. The van der Waals surface area contributed by atoms with Crippen LogP contribution in [0.1, 0.15) is 52.2 Å². The molecule has 2 amide bonds. The highest BCUT2D eigenvalue weighted by Crippen LogP contribution is 2.40. The van der Waals surface area contributed by atoms with Crippen LogP contribution in [0.4, 0.5) is 5.00 Å². The number of esters is 1. The van der Waals surface area contributed by atoms with Crippen molar-refractivity contribution in [2.24, 2.45) is 11.0 Å². The summed E-state index contributed by atoms with van der Waals surface area (Å²) < 4.78 is 6.99. The number of hydrazone groups is 1. The Bertz CT molecular complexity index is 1610. The Labute approximate surface area is 242 Å². The number of nitrogens with one attached hydrogen (secondary N) is 2. The third-order valence-electron chi connectivity index (χ3n) is 6.88. The second-order valence-corrected chi connectivity index (χ2v) is 11.1. The van der Waals surface area contributed by atoms with Crippen LogP contribution in [0.15, 0.2) is 65.9 Å². The number of benzene rings is 2. The van der Waals surface area contributed by atoms with Crippen molar-refractivity contribution in [3.63, 3.8) is 0 Å². The largest absolute Gasteiger partial charge is 0.462 e. The van der Waals surface area contributed by atoms with Crippen LogP contribution in [0.25, 0.3) is 16.9 Å². The molecule has 4 aromatic rings. The summed E-state index contributed by atoms with van der Waals surface area (Å²) in [4.78, 5) is 39.3. The number of rotatable bonds is 7. The summed E-state index contributed by atoms with van der Waals surface area (Å²) in [7, 11) is 0. The number of hydrogen-bond acceptors (Lipinski definition) is 7. The number of ether oxygens (including phenoxy) is 1.